The highest BCUT2D eigenvalue weighted by Gasteiger charge is 2.16. The zero-order valence-electron chi connectivity index (χ0n) is 18.0. The van der Waals surface area contributed by atoms with Crippen molar-refractivity contribution in [2.45, 2.75) is 32.8 Å². The second-order valence-electron chi connectivity index (χ2n) is 7.80. The third-order valence-electron chi connectivity index (χ3n) is 4.55. The monoisotopic (exact) mass is 424 g/mol. The molecule has 7 heteroatoms. The molecule has 0 saturated heterocycles. The summed E-state index contributed by atoms with van der Waals surface area (Å²) in [6, 6.07) is 14.1. The predicted octanol–water partition coefficient (Wildman–Crippen LogP) is 4.85. The minimum absolute atomic E-state index is 0.242. The van der Waals surface area contributed by atoms with Crippen LogP contribution in [0.3, 0.4) is 0 Å². The first-order valence-corrected chi connectivity index (χ1v) is 10.5. The van der Waals surface area contributed by atoms with Crippen LogP contribution >= 0.6 is 0 Å². The standard InChI is InChI=1S/C24H29FN4O2/c1-4-5-12-22(30)15-26-20-10-7-11-21(14-20)29-23(18-8-6-9-19(25)13-18)27-24(28-29)31-16-17(2)3/h4,6-11,13-14,17,22,26,30H,1,5,12,15-16H2,2-3H3. The molecule has 0 amide bonds. The SMILES string of the molecule is C=CCCC(O)CNc1cccc(-n2nc(OCC(C)C)nc2-c2cccc(F)c2)c1. The molecule has 0 aliphatic rings. The van der Waals surface area contributed by atoms with Gasteiger partial charge >= 0.3 is 6.01 Å². The number of hydrogen-bond acceptors (Lipinski definition) is 5. The Morgan fingerprint density at radius 2 is 2.03 bits per heavy atom. The van der Waals surface area contributed by atoms with E-state index in [4.69, 9.17) is 4.74 Å². The van der Waals surface area contributed by atoms with Crippen molar-refractivity contribution >= 4 is 5.69 Å². The maximum Gasteiger partial charge on any atom is 0.336 e. The minimum Gasteiger partial charge on any atom is -0.462 e. The van der Waals surface area contributed by atoms with Gasteiger partial charge in [0.2, 0.25) is 0 Å². The third kappa shape index (κ3) is 6.39. The maximum absolute atomic E-state index is 13.8. The zero-order valence-corrected chi connectivity index (χ0v) is 18.0. The molecule has 0 bridgehead atoms. The molecule has 0 spiro atoms. The maximum atomic E-state index is 13.8. The lowest BCUT2D eigenvalue weighted by molar-refractivity contribution is 0.178. The van der Waals surface area contributed by atoms with Crippen LogP contribution in [0.25, 0.3) is 17.1 Å². The van der Waals surface area contributed by atoms with E-state index in [2.05, 4.69) is 22.0 Å². The highest BCUT2D eigenvalue weighted by Crippen LogP contribution is 2.25. The highest BCUT2D eigenvalue weighted by molar-refractivity contribution is 5.60. The van der Waals surface area contributed by atoms with E-state index < -0.39 is 6.10 Å². The average molecular weight is 425 g/mol. The first-order chi connectivity index (χ1) is 15.0. The molecule has 1 aromatic heterocycles. The fourth-order valence-corrected chi connectivity index (χ4v) is 2.99. The summed E-state index contributed by atoms with van der Waals surface area (Å²) < 4.78 is 21.2. The summed E-state index contributed by atoms with van der Waals surface area (Å²) in [5.41, 5.74) is 2.18. The van der Waals surface area contributed by atoms with Gasteiger partial charge < -0.3 is 15.2 Å². The normalized spacial score (nSPS) is 12.0. The van der Waals surface area contributed by atoms with Crippen molar-refractivity contribution in [2.24, 2.45) is 5.92 Å². The van der Waals surface area contributed by atoms with E-state index >= 15 is 0 Å². The molecular formula is C24H29FN4O2. The number of rotatable bonds is 11. The summed E-state index contributed by atoms with van der Waals surface area (Å²) in [4.78, 5) is 4.50. The summed E-state index contributed by atoms with van der Waals surface area (Å²) in [6.45, 7) is 8.68. The molecule has 0 aliphatic carbocycles. The van der Waals surface area contributed by atoms with E-state index in [0.29, 0.717) is 36.9 Å². The molecule has 31 heavy (non-hydrogen) atoms. The Hall–Kier alpha value is -3.19. The van der Waals surface area contributed by atoms with E-state index in [-0.39, 0.29) is 11.8 Å². The molecule has 2 N–H and O–H groups in total. The largest absolute Gasteiger partial charge is 0.462 e. The van der Waals surface area contributed by atoms with Gasteiger partial charge in [0.1, 0.15) is 5.82 Å². The molecule has 0 radical (unpaired) electrons. The predicted molar refractivity (Wildman–Crippen MR) is 121 cm³/mol. The van der Waals surface area contributed by atoms with Crippen LogP contribution in [0.1, 0.15) is 26.7 Å². The van der Waals surface area contributed by atoms with Gasteiger partial charge in [-0.25, -0.2) is 9.07 Å². The number of aliphatic hydroxyl groups is 1. The molecule has 0 saturated carbocycles. The fourth-order valence-electron chi connectivity index (χ4n) is 2.99. The van der Waals surface area contributed by atoms with E-state index in [0.717, 1.165) is 17.8 Å². The Morgan fingerprint density at radius 3 is 2.77 bits per heavy atom. The summed E-state index contributed by atoms with van der Waals surface area (Å²) >= 11 is 0. The Bertz CT molecular complexity index is 1000. The summed E-state index contributed by atoms with van der Waals surface area (Å²) in [6.07, 6.45) is 2.74. The second kappa shape index (κ2) is 10.7. The quantitative estimate of drug-likeness (QED) is 0.431. The van der Waals surface area contributed by atoms with Crippen LogP contribution in [0.2, 0.25) is 0 Å². The Kier molecular flexibility index (Phi) is 7.78. The number of nitrogens with one attached hydrogen (secondary N) is 1. The number of benzene rings is 2. The van der Waals surface area contributed by atoms with Crippen molar-refractivity contribution in [3.8, 4) is 23.1 Å². The van der Waals surface area contributed by atoms with Gasteiger partial charge in [-0.1, -0.05) is 38.1 Å². The van der Waals surface area contributed by atoms with Gasteiger partial charge in [-0.2, -0.15) is 4.98 Å². The number of hydrogen-bond donors (Lipinski definition) is 2. The molecule has 3 aromatic rings. The molecule has 6 nitrogen and oxygen atoms in total. The van der Waals surface area contributed by atoms with Crippen molar-refractivity contribution < 1.29 is 14.2 Å². The van der Waals surface area contributed by atoms with Crippen molar-refractivity contribution in [3.63, 3.8) is 0 Å². The van der Waals surface area contributed by atoms with Crippen LogP contribution in [-0.2, 0) is 0 Å². The number of anilines is 1. The van der Waals surface area contributed by atoms with Crippen molar-refractivity contribution in [1.82, 2.24) is 14.8 Å². The topological polar surface area (TPSA) is 72.2 Å². The molecule has 0 fully saturated rings. The van der Waals surface area contributed by atoms with Gasteiger partial charge in [0.25, 0.3) is 0 Å². The highest BCUT2D eigenvalue weighted by atomic mass is 19.1. The van der Waals surface area contributed by atoms with Crippen molar-refractivity contribution in [1.29, 1.82) is 0 Å². The zero-order chi connectivity index (χ0) is 22.2. The van der Waals surface area contributed by atoms with Crippen LogP contribution in [0.4, 0.5) is 10.1 Å². The van der Waals surface area contributed by atoms with Gasteiger partial charge in [-0.15, -0.1) is 11.7 Å². The summed E-state index contributed by atoms with van der Waals surface area (Å²) in [5, 5.41) is 17.8. The van der Waals surface area contributed by atoms with E-state index in [1.807, 2.05) is 38.1 Å². The van der Waals surface area contributed by atoms with Gasteiger partial charge in [0, 0.05) is 17.8 Å². The van der Waals surface area contributed by atoms with Crippen LogP contribution in [-0.4, -0.2) is 39.1 Å². The molecule has 1 atom stereocenters. The van der Waals surface area contributed by atoms with Crippen LogP contribution < -0.4 is 10.1 Å². The first kappa shape index (κ1) is 22.5. The van der Waals surface area contributed by atoms with Crippen molar-refractivity contribution in [2.75, 3.05) is 18.5 Å². The van der Waals surface area contributed by atoms with Gasteiger partial charge in [0.05, 0.1) is 18.4 Å². The van der Waals surface area contributed by atoms with Gasteiger partial charge in [0.15, 0.2) is 5.82 Å². The Morgan fingerprint density at radius 1 is 1.23 bits per heavy atom. The molecule has 3 rings (SSSR count). The van der Waals surface area contributed by atoms with Gasteiger partial charge in [-0.3, -0.25) is 0 Å². The number of halogens is 1. The lowest BCUT2D eigenvalue weighted by atomic mass is 10.2. The molecular weight excluding hydrogens is 395 g/mol. The van der Waals surface area contributed by atoms with E-state index in [9.17, 15) is 9.50 Å². The molecule has 2 aromatic carbocycles. The van der Waals surface area contributed by atoms with Crippen LogP contribution in [0.5, 0.6) is 6.01 Å². The number of aliphatic hydroxyl groups excluding tert-OH is 1. The molecule has 1 heterocycles. The molecule has 0 aliphatic heterocycles. The van der Waals surface area contributed by atoms with Crippen LogP contribution in [0.15, 0.2) is 61.2 Å². The lowest BCUT2D eigenvalue weighted by Gasteiger charge is -2.13. The molecule has 1 unspecified atom stereocenters. The van der Waals surface area contributed by atoms with Gasteiger partial charge in [-0.05, 0) is 49.1 Å². The average Bonchev–Trinajstić information content (AvgIpc) is 3.19. The van der Waals surface area contributed by atoms with E-state index in [1.54, 1.807) is 22.9 Å². The minimum atomic E-state index is -0.466. The van der Waals surface area contributed by atoms with Crippen LogP contribution in [0, 0.1) is 11.7 Å². The number of allylic oxidation sites excluding steroid dienone is 1. The lowest BCUT2D eigenvalue weighted by Crippen LogP contribution is -2.19. The number of aromatic nitrogens is 3. The Balaban J connectivity index is 1.89. The van der Waals surface area contributed by atoms with E-state index in [1.165, 1.54) is 12.1 Å². The second-order valence-corrected chi connectivity index (χ2v) is 7.80. The Labute approximate surface area is 182 Å². The third-order valence-corrected chi connectivity index (χ3v) is 4.55. The fraction of sp³-hybridized carbons (Fsp3) is 0.333. The number of ether oxygens (including phenoxy) is 1. The summed E-state index contributed by atoms with van der Waals surface area (Å²) in [7, 11) is 0. The molecule has 164 valence electrons. The number of nitrogens with zero attached hydrogens (tertiary/aromatic N) is 3. The van der Waals surface area contributed by atoms with Crippen molar-refractivity contribution in [3.05, 3.63) is 67.0 Å². The smallest absolute Gasteiger partial charge is 0.336 e. The summed E-state index contributed by atoms with van der Waals surface area (Å²) in [5.74, 6) is 0.465. The first-order valence-electron chi connectivity index (χ1n) is 10.5.